The second-order valence-electron chi connectivity index (χ2n) is 1.09. The maximum absolute atomic E-state index is 2.36. The molecule has 1 heterocycles. The van der Waals surface area contributed by atoms with Crippen LogP contribution in [0.25, 0.3) is 0 Å². The minimum absolute atomic E-state index is 0.390. The fourth-order valence-corrected chi connectivity index (χ4v) is 3.54. The fourth-order valence-electron chi connectivity index (χ4n) is 0.393. The van der Waals surface area contributed by atoms with Crippen LogP contribution >= 0.6 is 0 Å². The molecule has 5 heavy (non-hydrogen) atoms. The molecule has 26 valence electrons. The van der Waals surface area contributed by atoms with Crippen LogP contribution in [0.2, 0.25) is 0 Å². The highest BCUT2D eigenvalue weighted by Crippen LogP contribution is 1.66. The van der Waals surface area contributed by atoms with Gasteiger partial charge in [0.05, 0.1) is 9.04 Å². The van der Waals surface area contributed by atoms with Crippen molar-refractivity contribution >= 4 is 23.4 Å². The lowest BCUT2D eigenvalue weighted by molar-refractivity contribution is 2.46. The van der Waals surface area contributed by atoms with Gasteiger partial charge in [-0.15, -0.1) is 5.70 Å². The summed E-state index contributed by atoms with van der Waals surface area (Å²) < 4.78 is 0. The van der Waals surface area contributed by atoms with E-state index in [0.29, 0.717) is 9.04 Å². The standard InChI is InChI=1S/C3H6Si2/c1-2-4-5-3-1/h1-4H,5H2. The summed E-state index contributed by atoms with van der Waals surface area (Å²) in [5.74, 6) is 0. The quantitative estimate of drug-likeness (QED) is 0.335. The SMILES string of the molecule is C1=C[SiH2][SiH]=C1. The summed E-state index contributed by atoms with van der Waals surface area (Å²) in [6.07, 6.45) is 2.21. The Hall–Kier alpha value is 0.0438. The van der Waals surface area contributed by atoms with Crippen LogP contribution in [0.5, 0.6) is 0 Å². The molecule has 0 fully saturated rings. The van der Waals surface area contributed by atoms with Crippen molar-refractivity contribution in [3.05, 3.63) is 11.8 Å². The van der Waals surface area contributed by atoms with Crippen molar-refractivity contribution in [3.8, 4) is 0 Å². The first-order valence-electron chi connectivity index (χ1n) is 1.82. The van der Waals surface area contributed by atoms with Gasteiger partial charge >= 0.3 is 0 Å². The van der Waals surface area contributed by atoms with Gasteiger partial charge in [0.15, 0.2) is 0 Å². The molecule has 1 aliphatic heterocycles. The second kappa shape index (κ2) is 1.47. The van der Waals surface area contributed by atoms with Gasteiger partial charge in [0, 0.05) is 0 Å². The van der Waals surface area contributed by atoms with E-state index in [0.717, 1.165) is 8.65 Å². The zero-order valence-electron chi connectivity index (χ0n) is 3.02. The minimum Gasteiger partial charge on any atom is -0.102 e. The average Bonchev–Trinajstić information content (AvgIpc) is 1.76. The Morgan fingerprint density at radius 1 is 1.60 bits per heavy atom. The molecular weight excluding hydrogens is 92.2 g/mol. The Morgan fingerprint density at radius 2 is 2.60 bits per heavy atom. The van der Waals surface area contributed by atoms with Gasteiger partial charge in [-0.2, -0.15) is 0 Å². The molecule has 0 spiro atoms. The molecule has 0 aromatic carbocycles. The fraction of sp³-hybridized carbons (Fsp3) is 0. The Kier molecular flexibility index (Phi) is 0.955. The Bertz CT molecular complexity index is 63.0. The number of hydrogen-bond acceptors (Lipinski definition) is 0. The minimum atomic E-state index is 0.390. The predicted molar refractivity (Wildman–Crippen MR) is 30.9 cm³/mol. The van der Waals surface area contributed by atoms with E-state index in [4.69, 9.17) is 0 Å². The molecule has 0 radical (unpaired) electrons. The zero-order valence-corrected chi connectivity index (χ0v) is 5.59. The normalized spacial score (nSPS) is 22.4. The lowest BCUT2D eigenvalue weighted by Crippen LogP contribution is -1.81. The topological polar surface area (TPSA) is 0 Å². The maximum atomic E-state index is 2.36. The molecule has 0 aromatic heterocycles. The molecule has 0 saturated heterocycles. The van der Waals surface area contributed by atoms with Crippen molar-refractivity contribution in [3.63, 3.8) is 0 Å². The molecule has 0 amide bonds. The largest absolute Gasteiger partial charge is 0.102 e. The third-order valence-electron chi connectivity index (χ3n) is 0.655. The first-order chi connectivity index (χ1) is 2.50. The molecule has 1 rings (SSSR count). The summed E-state index contributed by atoms with van der Waals surface area (Å²) in [6, 6.07) is 0. The van der Waals surface area contributed by atoms with Crippen LogP contribution in [0.4, 0.5) is 0 Å². The van der Waals surface area contributed by atoms with Crippen molar-refractivity contribution in [2.45, 2.75) is 0 Å². The lowest BCUT2D eigenvalue weighted by atomic mass is 10.8. The van der Waals surface area contributed by atoms with Crippen molar-refractivity contribution in [2.24, 2.45) is 0 Å². The number of hydrogen-bond donors (Lipinski definition) is 0. The van der Waals surface area contributed by atoms with Gasteiger partial charge in [0.2, 0.25) is 0 Å². The van der Waals surface area contributed by atoms with Crippen LogP contribution in [-0.4, -0.2) is 23.4 Å². The molecule has 0 unspecified atom stereocenters. The van der Waals surface area contributed by atoms with Gasteiger partial charge in [-0.1, -0.05) is 11.7 Å². The van der Waals surface area contributed by atoms with Crippen LogP contribution in [0.15, 0.2) is 11.8 Å². The van der Waals surface area contributed by atoms with E-state index in [2.05, 4.69) is 17.4 Å². The summed E-state index contributed by atoms with van der Waals surface area (Å²) in [4.78, 5) is 0. The molecule has 0 aromatic rings. The van der Waals surface area contributed by atoms with E-state index in [1.165, 1.54) is 0 Å². The van der Waals surface area contributed by atoms with Crippen molar-refractivity contribution < 1.29 is 0 Å². The van der Waals surface area contributed by atoms with Gasteiger partial charge in [-0.3, -0.25) is 0 Å². The van der Waals surface area contributed by atoms with E-state index < -0.39 is 0 Å². The monoisotopic (exact) mass is 98.0 g/mol. The van der Waals surface area contributed by atoms with Crippen LogP contribution < -0.4 is 0 Å². The Labute approximate surface area is 36.0 Å². The Balaban J connectivity index is 2.61. The van der Waals surface area contributed by atoms with E-state index in [-0.39, 0.29) is 0 Å². The predicted octanol–water partition coefficient (Wildman–Crippen LogP) is -1.16. The molecule has 1 aliphatic rings. The maximum Gasteiger partial charge on any atom is 0.0531 e. The number of rotatable bonds is 0. The average molecular weight is 98.3 g/mol. The third kappa shape index (κ3) is 0.664. The molecule has 0 saturated carbocycles. The summed E-state index contributed by atoms with van der Waals surface area (Å²) in [6.45, 7) is 0. The lowest BCUT2D eigenvalue weighted by Gasteiger charge is -1.53. The van der Waals surface area contributed by atoms with E-state index in [1.54, 1.807) is 0 Å². The van der Waals surface area contributed by atoms with E-state index in [1.807, 2.05) is 0 Å². The first-order valence-corrected chi connectivity index (χ1v) is 6.57. The molecule has 2 heteroatoms. The molecule has 0 nitrogen and oxygen atoms in total. The van der Waals surface area contributed by atoms with E-state index >= 15 is 0 Å². The van der Waals surface area contributed by atoms with Gasteiger partial charge in [-0.25, -0.2) is 0 Å². The van der Waals surface area contributed by atoms with E-state index in [9.17, 15) is 0 Å². The highest BCUT2D eigenvalue weighted by atomic mass is 29.1. The molecule has 0 N–H and O–H groups in total. The first kappa shape index (κ1) is 3.24. The van der Waals surface area contributed by atoms with Gasteiger partial charge in [0.1, 0.15) is 0 Å². The number of allylic oxidation sites excluding steroid dienone is 1. The van der Waals surface area contributed by atoms with Crippen molar-refractivity contribution in [1.29, 1.82) is 0 Å². The summed E-state index contributed by atoms with van der Waals surface area (Å²) in [5, 5.41) is 0. The molecular formula is C3H6Si2. The van der Waals surface area contributed by atoms with Crippen LogP contribution in [0.3, 0.4) is 0 Å². The highest BCUT2D eigenvalue weighted by molar-refractivity contribution is 7.07. The smallest absolute Gasteiger partial charge is 0.0531 e. The third-order valence-corrected chi connectivity index (χ3v) is 4.42. The zero-order chi connectivity index (χ0) is 3.54. The van der Waals surface area contributed by atoms with Gasteiger partial charge in [0.25, 0.3) is 0 Å². The van der Waals surface area contributed by atoms with Crippen LogP contribution in [-0.2, 0) is 0 Å². The van der Waals surface area contributed by atoms with Crippen LogP contribution in [0.1, 0.15) is 0 Å². The summed E-state index contributed by atoms with van der Waals surface area (Å²) >= 11 is 0. The molecule has 0 aliphatic carbocycles. The summed E-state index contributed by atoms with van der Waals surface area (Å²) in [5.41, 5.74) is 4.68. The molecule has 0 bridgehead atoms. The summed E-state index contributed by atoms with van der Waals surface area (Å²) in [7, 11) is 1.22. The van der Waals surface area contributed by atoms with Crippen LogP contribution in [0, 0.1) is 0 Å². The van der Waals surface area contributed by atoms with Gasteiger partial charge in [-0.05, 0) is 8.65 Å². The highest BCUT2D eigenvalue weighted by Gasteiger charge is 1.74. The second-order valence-corrected chi connectivity index (χ2v) is 5.72. The van der Waals surface area contributed by atoms with Crippen molar-refractivity contribution in [1.82, 2.24) is 0 Å². The Morgan fingerprint density at radius 3 is 2.80 bits per heavy atom. The van der Waals surface area contributed by atoms with Crippen molar-refractivity contribution in [2.75, 3.05) is 0 Å². The molecule has 0 atom stereocenters. The van der Waals surface area contributed by atoms with Gasteiger partial charge < -0.3 is 0 Å².